The third-order valence-electron chi connectivity index (χ3n) is 3.85. The first-order valence-electron chi connectivity index (χ1n) is 8.50. The highest BCUT2D eigenvalue weighted by molar-refractivity contribution is 9.10. The summed E-state index contributed by atoms with van der Waals surface area (Å²) < 4.78 is 13.0. The highest BCUT2D eigenvalue weighted by Crippen LogP contribution is 2.33. The first kappa shape index (κ1) is 21.6. The minimum Gasteiger partial charge on any atom is -0.490 e. The average molecular weight is 500 g/mol. The van der Waals surface area contributed by atoms with E-state index in [0.29, 0.717) is 46.2 Å². The topological polar surface area (TPSA) is 78.3 Å². The molecule has 0 bridgehead atoms. The zero-order valence-corrected chi connectivity index (χ0v) is 18.7. The molecule has 0 atom stereocenters. The number of nitrogens with one attached hydrogen (secondary N) is 1. The van der Waals surface area contributed by atoms with E-state index in [-0.39, 0.29) is 5.82 Å². The van der Waals surface area contributed by atoms with Gasteiger partial charge in [0.15, 0.2) is 0 Å². The van der Waals surface area contributed by atoms with Crippen LogP contribution in [0, 0.1) is 6.92 Å². The van der Waals surface area contributed by atoms with Gasteiger partial charge in [0.2, 0.25) is 5.82 Å². The summed E-state index contributed by atoms with van der Waals surface area (Å²) in [5, 5.41) is 7.77. The Balaban J connectivity index is 1.86. The second-order valence-electron chi connectivity index (χ2n) is 5.93. The molecule has 29 heavy (non-hydrogen) atoms. The fraction of sp³-hybridized carbons (Fsp3) is 0.211. The maximum absolute atomic E-state index is 12.5. The zero-order chi connectivity index (χ0) is 21.0. The Morgan fingerprint density at radius 3 is 2.59 bits per heavy atom. The molecule has 0 spiro atoms. The lowest BCUT2D eigenvalue weighted by atomic mass is 10.3. The van der Waals surface area contributed by atoms with Crippen molar-refractivity contribution >= 4 is 50.7 Å². The molecule has 1 amide bonds. The van der Waals surface area contributed by atoms with Crippen molar-refractivity contribution in [2.24, 2.45) is 0 Å². The molecule has 1 N–H and O–H groups in total. The lowest BCUT2D eigenvalue weighted by Crippen LogP contribution is -2.14. The summed E-state index contributed by atoms with van der Waals surface area (Å²) >= 11 is 15.9. The number of amides is 1. The number of anilines is 1. The Hall–Kier alpha value is -2.13. The molecule has 0 aliphatic rings. The first-order chi connectivity index (χ1) is 13.9. The standard InChI is InChI=1S/C19H17BrCl2N4O3/c1-11-23-18(19(27)24-13-5-3-12(20)4-6-13)25-26(11)16-10-17(29-8-7-28-2)15(22)9-14(16)21/h3-6,9-10H,7-8H2,1-2H3,(H,24,27). The SMILES string of the molecule is COCCOc1cc(-n2nc(C(=O)Nc3ccc(Br)cc3)nc2C)c(Cl)cc1Cl. The second-order valence-corrected chi connectivity index (χ2v) is 7.66. The molecule has 0 fully saturated rings. The van der Waals surface area contributed by atoms with E-state index in [9.17, 15) is 4.79 Å². The summed E-state index contributed by atoms with van der Waals surface area (Å²) in [6.45, 7) is 2.46. The van der Waals surface area contributed by atoms with Gasteiger partial charge in [0, 0.05) is 23.3 Å². The van der Waals surface area contributed by atoms with Gasteiger partial charge in [-0.15, -0.1) is 5.10 Å². The van der Waals surface area contributed by atoms with E-state index in [2.05, 4.69) is 31.3 Å². The van der Waals surface area contributed by atoms with Crippen LogP contribution in [0.2, 0.25) is 10.0 Å². The summed E-state index contributed by atoms with van der Waals surface area (Å²) in [5.41, 5.74) is 1.13. The van der Waals surface area contributed by atoms with Crippen LogP contribution in [-0.4, -0.2) is 41.0 Å². The number of carbonyl (C=O) groups excluding carboxylic acids is 1. The predicted molar refractivity (Wildman–Crippen MR) is 116 cm³/mol. The molecule has 1 aromatic heterocycles. The smallest absolute Gasteiger partial charge is 0.295 e. The quantitative estimate of drug-likeness (QED) is 0.466. The highest BCUT2D eigenvalue weighted by Gasteiger charge is 2.18. The number of nitrogens with zero attached hydrogens (tertiary/aromatic N) is 3. The molecule has 0 saturated carbocycles. The van der Waals surface area contributed by atoms with Gasteiger partial charge in [-0.05, 0) is 37.3 Å². The van der Waals surface area contributed by atoms with Crippen molar-refractivity contribution in [1.29, 1.82) is 0 Å². The van der Waals surface area contributed by atoms with Gasteiger partial charge in [-0.25, -0.2) is 9.67 Å². The van der Waals surface area contributed by atoms with Gasteiger partial charge < -0.3 is 14.8 Å². The number of aryl methyl sites for hydroxylation is 1. The molecule has 152 valence electrons. The molecule has 1 heterocycles. The van der Waals surface area contributed by atoms with Crippen molar-refractivity contribution in [3.05, 3.63) is 62.6 Å². The monoisotopic (exact) mass is 498 g/mol. The van der Waals surface area contributed by atoms with E-state index in [1.807, 2.05) is 12.1 Å². The van der Waals surface area contributed by atoms with Crippen LogP contribution < -0.4 is 10.1 Å². The first-order valence-corrected chi connectivity index (χ1v) is 10.1. The van der Waals surface area contributed by atoms with Crippen LogP contribution in [0.4, 0.5) is 5.69 Å². The number of hydrogen-bond acceptors (Lipinski definition) is 5. The molecule has 10 heteroatoms. The van der Waals surface area contributed by atoms with Gasteiger partial charge in [-0.1, -0.05) is 39.1 Å². The van der Waals surface area contributed by atoms with Gasteiger partial charge in [0.05, 0.1) is 22.3 Å². The molecule has 2 aromatic carbocycles. The van der Waals surface area contributed by atoms with Crippen LogP contribution in [0.1, 0.15) is 16.4 Å². The summed E-state index contributed by atoms with van der Waals surface area (Å²) in [7, 11) is 1.58. The number of carbonyl (C=O) groups is 1. The summed E-state index contributed by atoms with van der Waals surface area (Å²) in [6, 6.07) is 10.4. The van der Waals surface area contributed by atoms with Crippen molar-refractivity contribution in [3.63, 3.8) is 0 Å². The molecular formula is C19H17BrCl2N4O3. The average Bonchev–Trinajstić information content (AvgIpc) is 3.07. The lowest BCUT2D eigenvalue weighted by molar-refractivity contribution is 0.101. The highest BCUT2D eigenvalue weighted by atomic mass is 79.9. The fourth-order valence-corrected chi connectivity index (χ4v) is 3.24. The molecular weight excluding hydrogens is 483 g/mol. The van der Waals surface area contributed by atoms with Crippen LogP contribution >= 0.6 is 39.1 Å². The van der Waals surface area contributed by atoms with Gasteiger partial charge in [-0.3, -0.25) is 4.79 Å². The van der Waals surface area contributed by atoms with Crippen LogP contribution in [0.5, 0.6) is 5.75 Å². The van der Waals surface area contributed by atoms with Gasteiger partial charge in [0.25, 0.3) is 5.91 Å². The Bertz CT molecular complexity index is 1030. The molecule has 3 aromatic rings. The normalized spacial score (nSPS) is 10.8. The maximum Gasteiger partial charge on any atom is 0.295 e. The van der Waals surface area contributed by atoms with Crippen LogP contribution in [-0.2, 0) is 4.74 Å². The number of rotatable bonds is 7. The lowest BCUT2D eigenvalue weighted by Gasteiger charge is -2.12. The van der Waals surface area contributed by atoms with Crippen LogP contribution in [0.3, 0.4) is 0 Å². The Kier molecular flexibility index (Phi) is 7.13. The summed E-state index contributed by atoms with van der Waals surface area (Å²) in [5.74, 6) is 0.492. The second kappa shape index (κ2) is 9.58. The van der Waals surface area contributed by atoms with Crippen molar-refractivity contribution in [2.45, 2.75) is 6.92 Å². The molecule has 3 rings (SSSR count). The molecule has 0 unspecified atom stereocenters. The van der Waals surface area contributed by atoms with Crippen LogP contribution in [0.25, 0.3) is 5.69 Å². The largest absolute Gasteiger partial charge is 0.490 e. The number of aromatic nitrogens is 3. The number of methoxy groups -OCH3 is 1. The van der Waals surface area contributed by atoms with Gasteiger partial charge >= 0.3 is 0 Å². The number of halogens is 3. The predicted octanol–water partition coefficient (Wildman–Crippen LogP) is 4.92. The van der Waals surface area contributed by atoms with E-state index < -0.39 is 5.91 Å². The van der Waals surface area contributed by atoms with Crippen LogP contribution in [0.15, 0.2) is 40.9 Å². The van der Waals surface area contributed by atoms with E-state index in [0.717, 1.165) is 4.47 Å². The van der Waals surface area contributed by atoms with E-state index in [1.54, 1.807) is 38.3 Å². The third-order valence-corrected chi connectivity index (χ3v) is 4.98. The Morgan fingerprint density at radius 1 is 1.17 bits per heavy atom. The van der Waals surface area contributed by atoms with Gasteiger partial charge in [0.1, 0.15) is 18.2 Å². The van der Waals surface area contributed by atoms with Crippen molar-refractivity contribution in [3.8, 4) is 11.4 Å². The molecule has 0 aliphatic carbocycles. The van der Waals surface area contributed by atoms with Gasteiger partial charge in [-0.2, -0.15) is 0 Å². The number of ether oxygens (including phenoxy) is 2. The fourth-order valence-electron chi connectivity index (χ4n) is 2.46. The molecule has 0 saturated heterocycles. The minimum atomic E-state index is -0.434. The molecule has 0 radical (unpaired) electrons. The van der Waals surface area contributed by atoms with E-state index >= 15 is 0 Å². The Morgan fingerprint density at radius 2 is 1.90 bits per heavy atom. The molecule has 0 aliphatic heterocycles. The van der Waals surface area contributed by atoms with Crippen molar-refractivity contribution in [2.75, 3.05) is 25.6 Å². The summed E-state index contributed by atoms with van der Waals surface area (Å²) in [4.78, 5) is 16.8. The molecule has 7 nitrogen and oxygen atoms in total. The zero-order valence-electron chi connectivity index (χ0n) is 15.6. The summed E-state index contributed by atoms with van der Waals surface area (Å²) in [6.07, 6.45) is 0. The minimum absolute atomic E-state index is 0.0123. The third kappa shape index (κ3) is 5.27. The Labute approximate surface area is 186 Å². The number of benzene rings is 2. The van der Waals surface area contributed by atoms with E-state index in [1.165, 1.54) is 4.68 Å². The maximum atomic E-state index is 12.5. The van der Waals surface area contributed by atoms with Crippen molar-refractivity contribution < 1.29 is 14.3 Å². The van der Waals surface area contributed by atoms with Crippen molar-refractivity contribution in [1.82, 2.24) is 14.8 Å². The van der Waals surface area contributed by atoms with E-state index in [4.69, 9.17) is 32.7 Å². The number of hydrogen-bond donors (Lipinski definition) is 1.